The highest BCUT2D eigenvalue weighted by Crippen LogP contribution is 2.15. The van der Waals surface area contributed by atoms with E-state index >= 15 is 0 Å². The van der Waals surface area contributed by atoms with Gasteiger partial charge in [0.25, 0.3) is 5.82 Å². The first-order chi connectivity index (χ1) is 10.8. The number of rotatable bonds is 10. The fourth-order valence-electron chi connectivity index (χ4n) is 3.46. The Labute approximate surface area is 159 Å². The molecule has 2 rings (SSSR count). The van der Waals surface area contributed by atoms with Crippen LogP contribution in [-0.4, -0.2) is 4.57 Å². The lowest BCUT2D eigenvalue weighted by Crippen LogP contribution is -3.00. The quantitative estimate of drug-likeness (QED) is 0.311. The maximum absolute atomic E-state index is 2.36. The van der Waals surface area contributed by atoms with Gasteiger partial charge in [0.05, 0.1) is 14.1 Å². The Balaban J connectivity index is 0.00000264. The van der Waals surface area contributed by atoms with Crippen LogP contribution >= 0.6 is 0 Å². The molecule has 130 valence electrons. The van der Waals surface area contributed by atoms with E-state index in [9.17, 15) is 0 Å². The predicted octanol–water partition coefficient (Wildman–Crippen LogP) is 2.08. The van der Waals surface area contributed by atoms with Crippen molar-refractivity contribution in [3.8, 4) is 0 Å². The minimum atomic E-state index is 0. The Morgan fingerprint density at radius 2 is 1.43 bits per heavy atom. The molecule has 0 fully saturated rings. The van der Waals surface area contributed by atoms with Gasteiger partial charge in [-0.1, -0.05) is 70.4 Å². The normalized spacial score (nSPS) is 10.9. The van der Waals surface area contributed by atoms with Crippen LogP contribution in [-0.2, 0) is 20.5 Å². The maximum Gasteiger partial charge on any atom is 0.256 e. The molecule has 1 heterocycles. The Morgan fingerprint density at radius 1 is 0.870 bits per heavy atom. The predicted molar refractivity (Wildman–Crippen MR) is 95.0 cm³/mol. The zero-order valence-electron chi connectivity index (χ0n) is 15.2. The molecule has 0 aliphatic heterocycles. The molecule has 0 N–H and O–H groups in total. The first kappa shape index (κ1) is 20.5. The smallest absolute Gasteiger partial charge is 0.256 e. The molecule has 2 aromatic rings. The van der Waals surface area contributed by atoms with E-state index in [0.717, 1.165) is 0 Å². The number of unbranched alkanes of at least 4 members (excludes halogenated alkanes) is 8. The van der Waals surface area contributed by atoms with E-state index in [-0.39, 0.29) is 24.0 Å². The third-order valence-corrected chi connectivity index (χ3v) is 4.88. The molecular formula is C20H33IN2. The highest BCUT2D eigenvalue weighted by Gasteiger charge is 2.18. The number of imidazole rings is 1. The zero-order valence-corrected chi connectivity index (χ0v) is 17.3. The molecule has 2 nitrogen and oxygen atoms in total. The standard InChI is InChI=1S/C20H33N2.HI/c1-4-5-6-7-8-9-10-11-12-17-20-21(2)18-15-13-14-16-19(18)22(20)3;/h13-16H,4-12,17H2,1-3H3;1H/q+1;/p-1. The summed E-state index contributed by atoms with van der Waals surface area (Å²) in [4.78, 5) is 0. The van der Waals surface area contributed by atoms with Gasteiger partial charge in [-0.15, -0.1) is 0 Å². The lowest BCUT2D eigenvalue weighted by atomic mass is 10.1. The summed E-state index contributed by atoms with van der Waals surface area (Å²) in [5.74, 6) is 1.45. The number of hydrogen-bond donors (Lipinski definition) is 0. The second kappa shape index (κ2) is 11.1. The maximum atomic E-state index is 2.36. The van der Waals surface area contributed by atoms with Crippen molar-refractivity contribution in [2.24, 2.45) is 14.1 Å². The fraction of sp³-hybridized carbons (Fsp3) is 0.650. The van der Waals surface area contributed by atoms with Crippen molar-refractivity contribution in [2.75, 3.05) is 0 Å². The highest BCUT2D eigenvalue weighted by atomic mass is 127. The molecule has 0 saturated carbocycles. The van der Waals surface area contributed by atoms with Gasteiger partial charge in [-0.3, -0.25) is 0 Å². The summed E-state index contributed by atoms with van der Waals surface area (Å²) < 4.78 is 4.72. The van der Waals surface area contributed by atoms with Gasteiger partial charge in [-0.2, -0.15) is 0 Å². The van der Waals surface area contributed by atoms with Gasteiger partial charge in [-0.05, 0) is 18.6 Å². The number of aromatic nitrogens is 2. The lowest BCUT2D eigenvalue weighted by molar-refractivity contribution is -0.654. The van der Waals surface area contributed by atoms with Crippen LogP contribution in [0.2, 0.25) is 0 Å². The summed E-state index contributed by atoms with van der Waals surface area (Å²) in [5.41, 5.74) is 2.69. The van der Waals surface area contributed by atoms with Crippen LogP contribution in [0.25, 0.3) is 11.0 Å². The van der Waals surface area contributed by atoms with Gasteiger partial charge in [-0.25, -0.2) is 9.13 Å². The Hall–Kier alpha value is -0.580. The topological polar surface area (TPSA) is 8.81 Å². The number of nitrogens with zero attached hydrogens (tertiary/aromatic N) is 2. The fourth-order valence-corrected chi connectivity index (χ4v) is 3.46. The largest absolute Gasteiger partial charge is 1.00 e. The molecule has 3 heteroatoms. The summed E-state index contributed by atoms with van der Waals surface area (Å²) in [6.07, 6.45) is 13.8. The van der Waals surface area contributed by atoms with Gasteiger partial charge in [0.1, 0.15) is 0 Å². The summed E-state index contributed by atoms with van der Waals surface area (Å²) in [5, 5.41) is 0. The number of benzene rings is 1. The SMILES string of the molecule is CCCCCCCCCCCc1n(C)c2ccccc2[n+]1C.[I-]. The third-order valence-electron chi connectivity index (χ3n) is 4.88. The van der Waals surface area contributed by atoms with Crippen molar-refractivity contribution < 1.29 is 28.5 Å². The molecule has 0 aliphatic rings. The average molecular weight is 428 g/mol. The first-order valence-electron chi connectivity index (χ1n) is 9.18. The van der Waals surface area contributed by atoms with Crippen LogP contribution in [0.3, 0.4) is 0 Å². The molecule has 1 aromatic carbocycles. The van der Waals surface area contributed by atoms with Crippen LogP contribution in [0, 0.1) is 0 Å². The number of halogens is 1. The van der Waals surface area contributed by atoms with Crippen LogP contribution in [0.1, 0.15) is 70.5 Å². The van der Waals surface area contributed by atoms with Crippen LogP contribution < -0.4 is 28.5 Å². The van der Waals surface area contributed by atoms with E-state index in [1.54, 1.807) is 0 Å². The Morgan fingerprint density at radius 3 is 2.04 bits per heavy atom. The number of aryl methyl sites for hydroxylation is 2. The molecule has 0 atom stereocenters. The van der Waals surface area contributed by atoms with E-state index in [1.165, 1.54) is 81.1 Å². The molecule has 0 amide bonds. The van der Waals surface area contributed by atoms with E-state index < -0.39 is 0 Å². The number of fused-ring (bicyclic) bond motifs is 1. The summed E-state index contributed by atoms with van der Waals surface area (Å²) >= 11 is 0. The lowest BCUT2D eigenvalue weighted by Gasteiger charge is -2.02. The van der Waals surface area contributed by atoms with Crippen molar-refractivity contribution in [3.05, 3.63) is 30.1 Å². The molecule has 0 radical (unpaired) electrons. The van der Waals surface area contributed by atoms with Gasteiger partial charge in [0.2, 0.25) is 0 Å². The molecular weight excluding hydrogens is 395 g/mol. The van der Waals surface area contributed by atoms with E-state index in [0.29, 0.717) is 0 Å². The molecule has 0 aliphatic carbocycles. The molecule has 0 saturated heterocycles. The van der Waals surface area contributed by atoms with Crippen molar-refractivity contribution in [2.45, 2.75) is 71.1 Å². The second-order valence-electron chi connectivity index (χ2n) is 6.60. The van der Waals surface area contributed by atoms with Crippen LogP contribution in [0.4, 0.5) is 0 Å². The third kappa shape index (κ3) is 5.77. The first-order valence-corrected chi connectivity index (χ1v) is 9.18. The minimum absolute atomic E-state index is 0. The zero-order chi connectivity index (χ0) is 15.8. The van der Waals surface area contributed by atoms with E-state index in [2.05, 4.69) is 54.4 Å². The summed E-state index contributed by atoms with van der Waals surface area (Å²) in [6.45, 7) is 2.28. The van der Waals surface area contributed by atoms with Crippen molar-refractivity contribution in [1.82, 2.24) is 4.57 Å². The molecule has 0 spiro atoms. The van der Waals surface area contributed by atoms with E-state index in [1.807, 2.05) is 0 Å². The van der Waals surface area contributed by atoms with Crippen LogP contribution in [0.5, 0.6) is 0 Å². The highest BCUT2D eigenvalue weighted by molar-refractivity contribution is 5.72. The van der Waals surface area contributed by atoms with Gasteiger partial charge < -0.3 is 24.0 Å². The van der Waals surface area contributed by atoms with Gasteiger partial charge in [0, 0.05) is 6.42 Å². The van der Waals surface area contributed by atoms with Gasteiger partial charge >= 0.3 is 0 Å². The van der Waals surface area contributed by atoms with E-state index in [4.69, 9.17) is 0 Å². The minimum Gasteiger partial charge on any atom is -1.00 e. The average Bonchev–Trinajstić information content (AvgIpc) is 2.78. The van der Waals surface area contributed by atoms with Gasteiger partial charge in [0.15, 0.2) is 11.0 Å². The number of hydrogen-bond acceptors (Lipinski definition) is 0. The summed E-state index contributed by atoms with van der Waals surface area (Å²) in [6, 6.07) is 8.69. The van der Waals surface area contributed by atoms with Crippen molar-refractivity contribution >= 4 is 11.0 Å². The molecule has 1 aromatic heterocycles. The monoisotopic (exact) mass is 428 g/mol. The Kier molecular flexibility index (Phi) is 9.84. The molecule has 0 bridgehead atoms. The molecule has 23 heavy (non-hydrogen) atoms. The van der Waals surface area contributed by atoms with Crippen molar-refractivity contribution in [1.29, 1.82) is 0 Å². The molecule has 0 unspecified atom stereocenters. The van der Waals surface area contributed by atoms with Crippen molar-refractivity contribution in [3.63, 3.8) is 0 Å². The Bertz CT molecular complexity index is 535. The summed E-state index contributed by atoms with van der Waals surface area (Å²) in [7, 11) is 4.40. The van der Waals surface area contributed by atoms with Crippen LogP contribution in [0.15, 0.2) is 24.3 Å². The number of para-hydroxylation sites is 2. The second-order valence-corrected chi connectivity index (χ2v) is 6.60.